The van der Waals surface area contributed by atoms with Crippen molar-refractivity contribution in [1.29, 1.82) is 0 Å². The van der Waals surface area contributed by atoms with E-state index in [4.69, 9.17) is 0 Å². The Morgan fingerprint density at radius 3 is 2.20 bits per heavy atom. The van der Waals surface area contributed by atoms with Gasteiger partial charge in [0, 0.05) is 13.1 Å². The molecule has 0 atom stereocenters. The van der Waals surface area contributed by atoms with Gasteiger partial charge in [-0.2, -0.15) is 13.2 Å². The van der Waals surface area contributed by atoms with E-state index in [0.29, 0.717) is 6.54 Å². The van der Waals surface area contributed by atoms with Gasteiger partial charge in [0.05, 0.1) is 6.54 Å². The number of nitrogens with zero attached hydrogens (tertiary/aromatic N) is 1. The minimum atomic E-state index is -4.10. The molecule has 1 aliphatic carbocycles. The van der Waals surface area contributed by atoms with Gasteiger partial charge in [-0.3, -0.25) is 4.90 Å². The SMILES string of the molecule is CCCNCC1(CN(C)CC(F)(F)F)CCCCCC1. The number of hydrogen-bond acceptors (Lipinski definition) is 2. The molecule has 20 heavy (non-hydrogen) atoms. The Morgan fingerprint density at radius 1 is 1.10 bits per heavy atom. The summed E-state index contributed by atoms with van der Waals surface area (Å²) in [6.45, 7) is 3.65. The Morgan fingerprint density at radius 2 is 1.70 bits per heavy atom. The number of rotatable bonds is 7. The highest BCUT2D eigenvalue weighted by Gasteiger charge is 2.35. The van der Waals surface area contributed by atoms with E-state index in [1.165, 1.54) is 17.7 Å². The number of alkyl halides is 3. The molecule has 0 aromatic carbocycles. The first kappa shape index (κ1) is 17.8. The van der Waals surface area contributed by atoms with Gasteiger partial charge in [-0.05, 0) is 38.3 Å². The summed E-state index contributed by atoms with van der Waals surface area (Å²) < 4.78 is 37.5. The van der Waals surface area contributed by atoms with Crippen molar-refractivity contribution in [3.8, 4) is 0 Å². The normalized spacial score (nSPS) is 20.1. The maximum atomic E-state index is 12.5. The van der Waals surface area contributed by atoms with Crippen molar-refractivity contribution in [3.05, 3.63) is 0 Å². The van der Waals surface area contributed by atoms with Crippen LogP contribution in [-0.2, 0) is 0 Å². The van der Waals surface area contributed by atoms with E-state index in [-0.39, 0.29) is 5.41 Å². The molecule has 1 rings (SSSR count). The van der Waals surface area contributed by atoms with Crippen LogP contribution in [0, 0.1) is 5.41 Å². The molecule has 0 aliphatic heterocycles. The molecule has 0 bridgehead atoms. The molecule has 0 heterocycles. The smallest absolute Gasteiger partial charge is 0.316 e. The van der Waals surface area contributed by atoms with Gasteiger partial charge < -0.3 is 5.32 Å². The Hall–Kier alpha value is -0.290. The van der Waals surface area contributed by atoms with Crippen LogP contribution in [0.25, 0.3) is 0 Å². The summed E-state index contributed by atoms with van der Waals surface area (Å²) in [5.41, 5.74) is 0.0195. The molecule has 1 fully saturated rings. The fourth-order valence-corrected chi connectivity index (χ4v) is 3.33. The van der Waals surface area contributed by atoms with E-state index < -0.39 is 12.7 Å². The molecule has 1 saturated carbocycles. The number of nitrogens with one attached hydrogen (secondary N) is 1. The highest BCUT2D eigenvalue weighted by molar-refractivity contribution is 4.86. The van der Waals surface area contributed by atoms with Crippen molar-refractivity contribution in [3.63, 3.8) is 0 Å². The zero-order valence-electron chi connectivity index (χ0n) is 12.9. The third-order valence-electron chi connectivity index (χ3n) is 4.15. The van der Waals surface area contributed by atoms with Crippen LogP contribution in [0.15, 0.2) is 0 Å². The quantitative estimate of drug-likeness (QED) is 0.567. The molecule has 0 aromatic rings. The summed E-state index contributed by atoms with van der Waals surface area (Å²) in [6, 6.07) is 0. The molecular weight excluding hydrogens is 265 g/mol. The third-order valence-corrected chi connectivity index (χ3v) is 4.15. The molecule has 2 nitrogen and oxygen atoms in total. The Labute approximate surface area is 121 Å². The lowest BCUT2D eigenvalue weighted by Gasteiger charge is -2.37. The molecule has 0 radical (unpaired) electrons. The van der Waals surface area contributed by atoms with Gasteiger partial charge >= 0.3 is 6.18 Å². The first-order valence-electron chi connectivity index (χ1n) is 7.83. The van der Waals surface area contributed by atoms with Crippen molar-refractivity contribution in [1.82, 2.24) is 10.2 Å². The second kappa shape index (κ2) is 8.23. The van der Waals surface area contributed by atoms with Crippen LogP contribution in [0.3, 0.4) is 0 Å². The molecule has 0 unspecified atom stereocenters. The summed E-state index contributed by atoms with van der Waals surface area (Å²) >= 11 is 0. The highest BCUT2D eigenvalue weighted by Crippen LogP contribution is 2.35. The Bertz CT molecular complexity index is 258. The third kappa shape index (κ3) is 6.93. The average Bonchev–Trinajstić information content (AvgIpc) is 2.53. The lowest BCUT2D eigenvalue weighted by Crippen LogP contribution is -2.45. The zero-order valence-corrected chi connectivity index (χ0v) is 12.9. The van der Waals surface area contributed by atoms with Gasteiger partial charge in [-0.25, -0.2) is 0 Å². The number of hydrogen-bond donors (Lipinski definition) is 1. The van der Waals surface area contributed by atoms with Crippen molar-refractivity contribution in [2.24, 2.45) is 5.41 Å². The predicted molar refractivity (Wildman–Crippen MR) is 76.8 cm³/mol. The van der Waals surface area contributed by atoms with Gasteiger partial charge in [0.2, 0.25) is 0 Å². The molecule has 0 spiro atoms. The summed E-state index contributed by atoms with van der Waals surface area (Å²) in [6.07, 6.45) is 3.79. The topological polar surface area (TPSA) is 15.3 Å². The minimum Gasteiger partial charge on any atom is -0.316 e. The second-order valence-corrected chi connectivity index (χ2v) is 6.38. The van der Waals surface area contributed by atoms with Crippen LogP contribution >= 0.6 is 0 Å². The maximum Gasteiger partial charge on any atom is 0.401 e. The maximum absolute atomic E-state index is 12.5. The fraction of sp³-hybridized carbons (Fsp3) is 1.00. The molecule has 1 N–H and O–H groups in total. The van der Waals surface area contributed by atoms with Gasteiger partial charge in [0.25, 0.3) is 0 Å². The van der Waals surface area contributed by atoms with Crippen LogP contribution in [0.4, 0.5) is 13.2 Å². The molecule has 0 amide bonds. The summed E-state index contributed by atoms with van der Waals surface area (Å²) in [7, 11) is 1.60. The van der Waals surface area contributed by atoms with E-state index >= 15 is 0 Å². The standard InChI is InChI=1S/C15H29F3N2/c1-3-10-19-11-14(8-6-4-5-7-9-14)12-20(2)13-15(16,17)18/h19H,3-13H2,1-2H3. The van der Waals surface area contributed by atoms with E-state index in [1.54, 1.807) is 7.05 Å². The van der Waals surface area contributed by atoms with Crippen LogP contribution < -0.4 is 5.32 Å². The lowest BCUT2D eigenvalue weighted by atomic mass is 9.79. The molecule has 0 aromatic heterocycles. The number of halogens is 3. The van der Waals surface area contributed by atoms with Gasteiger partial charge in [-0.15, -0.1) is 0 Å². The average molecular weight is 294 g/mol. The molecule has 5 heteroatoms. The van der Waals surface area contributed by atoms with Crippen molar-refractivity contribution in [2.45, 2.75) is 58.0 Å². The molecular formula is C15H29F3N2. The van der Waals surface area contributed by atoms with Crippen molar-refractivity contribution < 1.29 is 13.2 Å². The van der Waals surface area contributed by atoms with Crippen LogP contribution in [0.1, 0.15) is 51.9 Å². The molecule has 120 valence electrons. The van der Waals surface area contributed by atoms with Crippen LogP contribution in [-0.4, -0.2) is 44.3 Å². The summed E-state index contributed by atoms with van der Waals surface area (Å²) in [5, 5.41) is 3.43. The van der Waals surface area contributed by atoms with Crippen molar-refractivity contribution >= 4 is 0 Å². The lowest BCUT2D eigenvalue weighted by molar-refractivity contribution is -0.146. The predicted octanol–water partition coefficient (Wildman–Crippen LogP) is 3.82. The first-order chi connectivity index (χ1) is 9.37. The summed E-state index contributed by atoms with van der Waals surface area (Å²) in [4.78, 5) is 1.46. The van der Waals surface area contributed by atoms with E-state index in [2.05, 4.69) is 12.2 Å². The van der Waals surface area contributed by atoms with E-state index in [1.807, 2.05) is 0 Å². The minimum absolute atomic E-state index is 0.0195. The Balaban J connectivity index is 2.60. The van der Waals surface area contributed by atoms with Crippen LogP contribution in [0.5, 0.6) is 0 Å². The largest absolute Gasteiger partial charge is 0.401 e. The fourth-order valence-electron chi connectivity index (χ4n) is 3.33. The molecule has 1 aliphatic rings. The summed E-state index contributed by atoms with van der Waals surface area (Å²) in [5.74, 6) is 0. The van der Waals surface area contributed by atoms with Gasteiger partial charge in [-0.1, -0.05) is 32.6 Å². The zero-order chi connectivity index (χ0) is 15.1. The second-order valence-electron chi connectivity index (χ2n) is 6.38. The van der Waals surface area contributed by atoms with Gasteiger partial charge in [0.1, 0.15) is 0 Å². The molecule has 0 saturated heterocycles. The van der Waals surface area contributed by atoms with E-state index in [9.17, 15) is 13.2 Å². The van der Waals surface area contributed by atoms with Crippen molar-refractivity contribution in [2.75, 3.05) is 33.2 Å². The van der Waals surface area contributed by atoms with E-state index in [0.717, 1.165) is 45.2 Å². The first-order valence-corrected chi connectivity index (χ1v) is 7.83. The van der Waals surface area contributed by atoms with Gasteiger partial charge in [0.15, 0.2) is 0 Å². The highest BCUT2D eigenvalue weighted by atomic mass is 19.4. The van der Waals surface area contributed by atoms with Crippen LogP contribution in [0.2, 0.25) is 0 Å². The Kier molecular flexibility index (Phi) is 7.30. The monoisotopic (exact) mass is 294 g/mol.